The molecule has 1 aromatic heterocycles. The zero-order valence-electron chi connectivity index (χ0n) is 19.8. The highest BCUT2D eigenvalue weighted by Crippen LogP contribution is 2.38. The van der Waals surface area contributed by atoms with E-state index in [9.17, 15) is 14.4 Å². The van der Waals surface area contributed by atoms with E-state index in [4.69, 9.17) is 9.47 Å². The van der Waals surface area contributed by atoms with E-state index >= 15 is 0 Å². The van der Waals surface area contributed by atoms with Crippen molar-refractivity contribution in [2.45, 2.75) is 45.6 Å². The second-order valence-electron chi connectivity index (χ2n) is 8.23. The summed E-state index contributed by atoms with van der Waals surface area (Å²) in [6, 6.07) is 15.7. The molecule has 1 aliphatic carbocycles. The van der Waals surface area contributed by atoms with Crippen LogP contribution in [0.3, 0.4) is 0 Å². The van der Waals surface area contributed by atoms with Gasteiger partial charge in [0.05, 0.1) is 12.2 Å². The summed E-state index contributed by atoms with van der Waals surface area (Å²) in [5.74, 6) is -0.522. The van der Waals surface area contributed by atoms with Crippen LogP contribution in [0.2, 0.25) is 0 Å². The van der Waals surface area contributed by atoms with Crippen LogP contribution in [-0.2, 0) is 22.4 Å². The first kappa shape index (κ1) is 24.5. The number of thiophene rings is 1. The van der Waals surface area contributed by atoms with Gasteiger partial charge in [-0.25, -0.2) is 4.79 Å². The first-order chi connectivity index (χ1) is 17.0. The Bertz CT molecular complexity index is 1200. The molecule has 0 saturated heterocycles. The Morgan fingerprint density at radius 2 is 1.69 bits per heavy atom. The molecule has 1 atom stereocenters. The van der Waals surface area contributed by atoms with Gasteiger partial charge < -0.3 is 20.1 Å². The number of benzene rings is 2. The predicted molar refractivity (Wildman–Crippen MR) is 136 cm³/mol. The molecule has 2 amide bonds. The van der Waals surface area contributed by atoms with Gasteiger partial charge in [-0.3, -0.25) is 9.59 Å². The number of rotatable bonds is 8. The molecule has 35 heavy (non-hydrogen) atoms. The molecule has 1 unspecified atom stereocenters. The fourth-order valence-electron chi connectivity index (χ4n) is 3.96. The minimum Gasteiger partial charge on any atom is -0.481 e. The van der Waals surface area contributed by atoms with E-state index in [0.717, 1.165) is 36.1 Å². The fourth-order valence-corrected chi connectivity index (χ4v) is 5.23. The van der Waals surface area contributed by atoms with Crippen LogP contribution in [-0.4, -0.2) is 30.5 Å². The smallest absolute Gasteiger partial charge is 0.341 e. The van der Waals surface area contributed by atoms with Crippen molar-refractivity contribution in [2.75, 3.05) is 17.2 Å². The van der Waals surface area contributed by atoms with Gasteiger partial charge in [0.2, 0.25) is 0 Å². The van der Waals surface area contributed by atoms with Crippen molar-refractivity contribution in [3.05, 3.63) is 76.2 Å². The molecule has 4 rings (SSSR count). The van der Waals surface area contributed by atoms with Crippen LogP contribution in [0.15, 0.2) is 54.6 Å². The van der Waals surface area contributed by atoms with Crippen LogP contribution in [0.4, 0.5) is 10.7 Å². The Morgan fingerprint density at radius 1 is 0.971 bits per heavy atom. The van der Waals surface area contributed by atoms with Crippen molar-refractivity contribution >= 4 is 39.8 Å². The number of anilines is 2. The molecule has 1 heterocycles. The van der Waals surface area contributed by atoms with Crippen molar-refractivity contribution < 1.29 is 23.9 Å². The summed E-state index contributed by atoms with van der Waals surface area (Å²) >= 11 is 1.45. The van der Waals surface area contributed by atoms with Crippen LogP contribution in [0.5, 0.6) is 5.75 Å². The average molecular weight is 493 g/mol. The number of para-hydroxylation sites is 1. The maximum absolute atomic E-state index is 12.9. The number of hydrogen-bond acceptors (Lipinski definition) is 6. The predicted octanol–water partition coefficient (Wildman–Crippen LogP) is 5.46. The van der Waals surface area contributed by atoms with E-state index in [2.05, 4.69) is 10.6 Å². The molecule has 1 aliphatic rings. The average Bonchev–Trinajstić information content (AvgIpc) is 3.23. The number of ether oxygens (including phenoxy) is 2. The number of nitrogens with one attached hydrogen (secondary N) is 2. The van der Waals surface area contributed by atoms with E-state index in [-0.39, 0.29) is 18.4 Å². The number of fused-ring (bicyclic) bond motifs is 1. The SMILES string of the molecule is CCOC(=O)c1c(NC(=O)c2ccc(OC(C)C(=O)Nc3ccccc3)cc2)sc2c1CCCC2. The summed E-state index contributed by atoms with van der Waals surface area (Å²) in [4.78, 5) is 39.1. The highest BCUT2D eigenvalue weighted by Gasteiger charge is 2.27. The van der Waals surface area contributed by atoms with Crippen LogP contribution < -0.4 is 15.4 Å². The number of esters is 1. The first-order valence-electron chi connectivity index (χ1n) is 11.7. The fraction of sp³-hybridized carbons (Fsp3) is 0.296. The number of amides is 2. The summed E-state index contributed by atoms with van der Waals surface area (Å²) in [7, 11) is 0. The monoisotopic (exact) mass is 492 g/mol. The zero-order valence-corrected chi connectivity index (χ0v) is 20.6. The van der Waals surface area contributed by atoms with Crippen molar-refractivity contribution in [2.24, 2.45) is 0 Å². The zero-order chi connectivity index (χ0) is 24.8. The molecule has 0 fully saturated rings. The number of aryl methyl sites for hydroxylation is 1. The first-order valence-corrected chi connectivity index (χ1v) is 12.5. The standard InChI is InChI=1S/C27H28N2O5S/c1-3-33-27(32)23-21-11-7-8-12-22(21)35-26(23)29-25(31)18-13-15-20(16-14-18)34-17(2)24(30)28-19-9-5-4-6-10-19/h4-6,9-10,13-17H,3,7-8,11-12H2,1-2H3,(H,28,30)(H,29,31). The molecule has 2 aromatic carbocycles. The summed E-state index contributed by atoms with van der Waals surface area (Å²) in [6.07, 6.45) is 3.10. The highest BCUT2D eigenvalue weighted by molar-refractivity contribution is 7.17. The third kappa shape index (κ3) is 5.89. The van der Waals surface area contributed by atoms with E-state index < -0.39 is 12.1 Å². The van der Waals surface area contributed by atoms with Gasteiger partial charge in [0, 0.05) is 16.1 Å². The van der Waals surface area contributed by atoms with Crippen LogP contribution >= 0.6 is 11.3 Å². The number of hydrogen-bond donors (Lipinski definition) is 2. The summed E-state index contributed by atoms with van der Waals surface area (Å²) in [6.45, 7) is 3.71. The summed E-state index contributed by atoms with van der Waals surface area (Å²) in [5.41, 5.74) is 2.59. The Kier molecular flexibility index (Phi) is 7.82. The Balaban J connectivity index is 1.42. The maximum atomic E-state index is 12.9. The maximum Gasteiger partial charge on any atom is 0.341 e. The van der Waals surface area contributed by atoms with Crippen LogP contribution in [0, 0.1) is 0 Å². The molecule has 0 bridgehead atoms. The van der Waals surface area contributed by atoms with Gasteiger partial charge in [0.1, 0.15) is 10.8 Å². The van der Waals surface area contributed by atoms with Crippen molar-refractivity contribution in [1.29, 1.82) is 0 Å². The number of carbonyl (C=O) groups is 3. The largest absolute Gasteiger partial charge is 0.481 e. The molecule has 0 aliphatic heterocycles. The molecule has 0 spiro atoms. The Labute approximate surface area is 208 Å². The molecule has 3 aromatic rings. The lowest BCUT2D eigenvalue weighted by Gasteiger charge is -2.15. The topological polar surface area (TPSA) is 93.7 Å². The molecule has 0 radical (unpaired) electrons. The van der Waals surface area contributed by atoms with E-state index in [1.165, 1.54) is 11.3 Å². The van der Waals surface area contributed by atoms with Gasteiger partial charge in [-0.15, -0.1) is 11.3 Å². The van der Waals surface area contributed by atoms with Gasteiger partial charge in [0.15, 0.2) is 6.10 Å². The molecule has 7 nitrogen and oxygen atoms in total. The van der Waals surface area contributed by atoms with Gasteiger partial charge in [-0.1, -0.05) is 18.2 Å². The lowest BCUT2D eigenvalue weighted by molar-refractivity contribution is -0.122. The number of carbonyl (C=O) groups excluding carboxylic acids is 3. The molecule has 0 saturated carbocycles. The van der Waals surface area contributed by atoms with Gasteiger partial charge in [0.25, 0.3) is 11.8 Å². The third-order valence-corrected chi connectivity index (χ3v) is 6.93. The van der Waals surface area contributed by atoms with Gasteiger partial charge in [-0.2, -0.15) is 0 Å². The van der Waals surface area contributed by atoms with E-state index in [0.29, 0.717) is 27.6 Å². The van der Waals surface area contributed by atoms with Crippen molar-refractivity contribution in [1.82, 2.24) is 0 Å². The second kappa shape index (κ2) is 11.2. The van der Waals surface area contributed by atoms with Crippen LogP contribution in [0.1, 0.15) is 57.8 Å². The lowest BCUT2D eigenvalue weighted by atomic mass is 9.95. The van der Waals surface area contributed by atoms with E-state index in [1.807, 2.05) is 18.2 Å². The summed E-state index contributed by atoms with van der Waals surface area (Å²) in [5, 5.41) is 6.24. The molecule has 2 N–H and O–H groups in total. The van der Waals surface area contributed by atoms with Crippen molar-refractivity contribution in [3.8, 4) is 5.75 Å². The van der Waals surface area contributed by atoms with E-state index in [1.54, 1.807) is 50.2 Å². The molecular formula is C27H28N2O5S. The minimum atomic E-state index is -0.723. The minimum absolute atomic E-state index is 0.272. The van der Waals surface area contributed by atoms with Crippen LogP contribution in [0.25, 0.3) is 0 Å². The van der Waals surface area contributed by atoms with Gasteiger partial charge in [-0.05, 0) is 81.5 Å². The summed E-state index contributed by atoms with van der Waals surface area (Å²) < 4.78 is 11.0. The molecular weight excluding hydrogens is 464 g/mol. The quantitative estimate of drug-likeness (QED) is 0.407. The Morgan fingerprint density at radius 3 is 2.40 bits per heavy atom. The van der Waals surface area contributed by atoms with Gasteiger partial charge >= 0.3 is 5.97 Å². The molecule has 8 heteroatoms. The molecule has 182 valence electrons. The second-order valence-corrected chi connectivity index (χ2v) is 9.33. The lowest BCUT2D eigenvalue weighted by Crippen LogP contribution is -2.30. The third-order valence-electron chi connectivity index (χ3n) is 5.72. The highest BCUT2D eigenvalue weighted by atomic mass is 32.1. The normalized spacial score (nSPS) is 13.3. The van der Waals surface area contributed by atoms with Crippen molar-refractivity contribution in [3.63, 3.8) is 0 Å². The Hall–Kier alpha value is -3.65.